The maximum absolute atomic E-state index is 11.3. The maximum Gasteiger partial charge on any atom is 0.222 e. The minimum absolute atomic E-state index is 0.0105. The Morgan fingerprint density at radius 1 is 1.19 bits per heavy atom. The Morgan fingerprint density at radius 3 is 2.19 bits per heavy atom. The molecular formula is C11H22N2O3. The number of carbonyl (C=O) groups is 2. The van der Waals surface area contributed by atoms with E-state index in [2.05, 4.69) is 10.6 Å². The average Bonchev–Trinajstić information content (AvgIpc) is 2.12. The largest absolute Gasteiger partial charge is 0.391 e. The Balaban J connectivity index is 3.78. The lowest BCUT2D eigenvalue weighted by Crippen LogP contribution is -2.38. The molecule has 1 atom stereocenters. The van der Waals surface area contributed by atoms with Gasteiger partial charge >= 0.3 is 0 Å². The van der Waals surface area contributed by atoms with Crippen LogP contribution in [-0.4, -0.2) is 35.6 Å². The van der Waals surface area contributed by atoms with Crippen molar-refractivity contribution in [1.82, 2.24) is 10.6 Å². The van der Waals surface area contributed by atoms with Gasteiger partial charge in [0, 0.05) is 18.5 Å². The van der Waals surface area contributed by atoms with Crippen LogP contribution in [0.5, 0.6) is 0 Å². The Bertz CT molecular complexity index is 239. The first kappa shape index (κ1) is 14.9. The number of aliphatic hydroxyl groups is 1. The van der Waals surface area contributed by atoms with E-state index in [1.54, 1.807) is 13.8 Å². The van der Waals surface area contributed by atoms with E-state index in [0.29, 0.717) is 0 Å². The van der Waals surface area contributed by atoms with Crippen molar-refractivity contribution in [3.63, 3.8) is 0 Å². The highest BCUT2D eigenvalue weighted by Gasteiger charge is 2.13. The van der Waals surface area contributed by atoms with Crippen LogP contribution in [0.15, 0.2) is 0 Å². The molecule has 0 aromatic rings. The Hall–Kier alpha value is -1.10. The fraction of sp³-hybridized carbons (Fsp3) is 0.818. The maximum atomic E-state index is 11.3. The van der Waals surface area contributed by atoms with Gasteiger partial charge in [0.15, 0.2) is 0 Å². The molecule has 5 heteroatoms. The van der Waals surface area contributed by atoms with Crippen molar-refractivity contribution in [2.24, 2.45) is 5.92 Å². The number of nitrogens with one attached hydrogen (secondary N) is 2. The van der Waals surface area contributed by atoms with E-state index in [0.717, 1.165) is 0 Å². The standard InChI is InChI=1S/C11H22N2O3/c1-7(2)11(16)12-6-9(14)5-10(15)13-8(3)4/h7-9,14H,5-6H2,1-4H3,(H,12,16)(H,13,15)/t9-/m0/s1. The molecule has 0 fully saturated rings. The first-order chi connectivity index (χ1) is 7.32. The Kier molecular flexibility index (Phi) is 6.72. The smallest absolute Gasteiger partial charge is 0.222 e. The molecule has 94 valence electrons. The second-order valence-electron chi connectivity index (χ2n) is 4.48. The van der Waals surface area contributed by atoms with Gasteiger partial charge in [0.05, 0.1) is 12.5 Å². The Labute approximate surface area is 96.6 Å². The van der Waals surface area contributed by atoms with Gasteiger partial charge in [-0.2, -0.15) is 0 Å². The topological polar surface area (TPSA) is 78.4 Å². The summed E-state index contributed by atoms with van der Waals surface area (Å²) in [6.07, 6.45) is -0.822. The molecule has 0 saturated carbocycles. The monoisotopic (exact) mass is 230 g/mol. The van der Waals surface area contributed by atoms with E-state index >= 15 is 0 Å². The van der Waals surface area contributed by atoms with Gasteiger partial charge in [-0.25, -0.2) is 0 Å². The van der Waals surface area contributed by atoms with Crippen LogP contribution in [0.3, 0.4) is 0 Å². The molecule has 0 rings (SSSR count). The average molecular weight is 230 g/mol. The van der Waals surface area contributed by atoms with Crippen molar-refractivity contribution in [2.45, 2.75) is 46.3 Å². The van der Waals surface area contributed by atoms with Crippen LogP contribution in [0.2, 0.25) is 0 Å². The number of amides is 2. The van der Waals surface area contributed by atoms with Crippen molar-refractivity contribution in [1.29, 1.82) is 0 Å². The molecule has 0 saturated heterocycles. The van der Waals surface area contributed by atoms with Crippen LogP contribution >= 0.6 is 0 Å². The SMILES string of the molecule is CC(C)NC(=O)C[C@H](O)CNC(=O)C(C)C. The molecule has 0 unspecified atom stereocenters. The minimum atomic E-state index is -0.832. The molecule has 3 N–H and O–H groups in total. The van der Waals surface area contributed by atoms with Gasteiger partial charge in [0.1, 0.15) is 0 Å². The predicted molar refractivity (Wildman–Crippen MR) is 61.8 cm³/mol. The molecule has 0 aliphatic heterocycles. The molecule has 2 amide bonds. The number of hydrogen-bond donors (Lipinski definition) is 3. The normalized spacial score (nSPS) is 12.7. The minimum Gasteiger partial charge on any atom is -0.391 e. The molecule has 0 aromatic heterocycles. The highest BCUT2D eigenvalue weighted by Crippen LogP contribution is 1.94. The van der Waals surface area contributed by atoms with E-state index in [-0.39, 0.29) is 36.7 Å². The summed E-state index contributed by atoms with van der Waals surface area (Å²) in [5.74, 6) is -0.443. The van der Waals surface area contributed by atoms with Crippen LogP contribution in [0.25, 0.3) is 0 Å². The van der Waals surface area contributed by atoms with Crippen LogP contribution in [0, 0.1) is 5.92 Å². The Morgan fingerprint density at radius 2 is 1.75 bits per heavy atom. The molecule has 16 heavy (non-hydrogen) atoms. The fourth-order valence-corrected chi connectivity index (χ4v) is 1.09. The summed E-state index contributed by atoms with van der Waals surface area (Å²) < 4.78 is 0. The molecule has 0 aliphatic rings. The molecule has 0 heterocycles. The van der Waals surface area contributed by atoms with Gasteiger partial charge in [-0.1, -0.05) is 13.8 Å². The molecule has 0 aromatic carbocycles. The van der Waals surface area contributed by atoms with Gasteiger partial charge in [-0.15, -0.1) is 0 Å². The third kappa shape index (κ3) is 7.23. The van der Waals surface area contributed by atoms with Gasteiger partial charge < -0.3 is 15.7 Å². The van der Waals surface area contributed by atoms with E-state index in [1.807, 2.05) is 13.8 Å². The van der Waals surface area contributed by atoms with Crippen molar-refractivity contribution < 1.29 is 14.7 Å². The van der Waals surface area contributed by atoms with E-state index in [1.165, 1.54) is 0 Å². The third-order valence-electron chi connectivity index (χ3n) is 1.91. The first-order valence-corrected chi connectivity index (χ1v) is 5.58. The van der Waals surface area contributed by atoms with E-state index < -0.39 is 6.10 Å². The first-order valence-electron chi connectivity index (χ1n) is 5.58. The zero-order valence-electron chi connectivity index (χ0n) is 10.4. The van der Waals surface area contributed by atoms with Gasteiger partial charge in [0.2, 0.25) is 11.8 Å². The highest BCUT2D eigenvalue weighted by atomic mass is 16.3. The third-order valence-corrected chi connectivity index (χ3v) is 1.91. The summed E-state index contributed by atoms with van der Waals surface area (Å²) in [5, 5.41) is 14.7. The van der Waals surface area contributed by atoms with Crippen molar-refractivity contribution in [3.05, 3.63) is 0 Å². The van der Waals surface area contributed by atoms with E-state index in [4.69, 9.17) is 0 Å². The van der Waals surface area contributed by atoms with Gasteiger partial charge in [0.25, 0.3) is 0 Å². The summed E-state index contributed by atoms with van der Waals surface area (Å²) in [6.45, 7) is 7.36. The fourth-order valence-electron chi connectivity index (χ4n) is 1.09. The number of rotatable bonds is 6. The lowest BCUT2D eigenvalue weighted by Gasteiger charge is -2.14. The summed E-state index contributed by atoms with van der Waals surface area (Å²) in [5.41, 5.74) is 0. The molecule has 0 aliphatic carbocycles. The molecule has 5 nitrogen and oxygen atoms in total. The molecule has 0 radical (unpaired) electrons. The summed E-state index contributed by atoms with van der Waals surface area (Å²) in [7, 11) is 0. The van der Waals surface area contributed by atoms with E-state index in [9.17, 15) is 14.7 Å². The van der Waals surface area contributed by atoms with Crippen LogP contribution < -0.4 is 10.6 Å². The van der Waals surface area contributed by atoms with Gasteiger partial charge in [-0.05, 0) is 13.8 Å². The number of carbonyl (C=O) groups excluding carboxylic acids is 2. The lowest BCUT2D eigenvalue weighted by molar-refractivity contribution is -0.126. The molecular weight excluding hydrogens is 208 g/mol. The highest BCUT2D eigenvalue weighted by molar-refractivity contribution is 5.78. The number of aliphatic hydroxyl groups excluding tert-OH is 1. The van der Waals surface area contributed by atoms with Gasteiger partial charge in [-0.3, -0.25) is 9.59 Å². The zero-order chi connectivity index (χ0) is 12.7. The molecule has 0 spiro atoms. The second kappa shape index (κ2) is 7.22. The lowest BCUT2D eigenvalue weighted by atomic mass is 10.2. The predicted octanol–water partition coefficient (Wildman–Crippen LogP) is 0.0342. The van der Waals surface area contributed by atoms with Crippen LogP contribution in [-0.2, 0) is 9.59 Å². The number of hydrogen-bond acceptors (Lipinski definition) is 3. The quantitative estimate of drug-likeness (QED) is 0.602. The molecule has 0 bridgehead atoms. The zero-order valence-corrected chi connectivity index (χ0v) is 10.4. The van der Waals surface area contributed by atoms with Crippen molar-refractivity contribution in [2.75, 3.05) is 6.54 Å². The second-order valence-corrected chi connectivity index (χ2v) is 4.48. The van der Waals surface area contributed by atoms with Crippen molar-refractivity contribution in [3.8, 4) is 0 Å². The van der Waals surface area contributed by atoms with Crippen LogP contribution in [0.1, 0.15) is 34.1 Å². The van der Waals surface area contributed by atoms with Crippen LogP contribution in [0.4, 0.5) is 0 Å². The summed E-state index contributed by atoms with van der Waals surface area (Å²) in [4.78, 5) is 22.4. The van der Waals surface area contributed by atoms with Crippen molar-refractivity contribution >= 4 is 11.8 Å². The summed E-state index contributed by atoms with van der Waals surface area (Å²) >= 11 is 0. The summed E-state index contributed by atoms with van der Waals surface area (Å²) in [6, 6.07) is 0.0601.